The highest BCUT2D eigenvalue weighted by atomic mass is 79.9. The van der Waals surface area contributed by atoms with Gasteiger partial charge in [0.05, 0.1) is 7.11 Å². The van der Waals surface area contributed by atoms with Gasteiger partial charge >= 0.3 is 0 Å². The van der Waals surface area contributed by atoms with E-state index in [2.05, 4.69) is 86.1 Å². The molecule has 0 aliphatic heterocycles. The Morgan fingerprint density at radius 1 is 1.08 bits per heavy atom. The Morgan fingerprint density at radius 3 is 2.29 bits per heavy atom. The highest BCUT2D eigenvalue weighted by molar-refractivity contribution is 9.10. The zero-order valence-corrected chi connectivity index (χ0v) is 17.6. The van der Waals surface area contributed by atoms with Crippen LogP contribution in [0.4, 0.5) is 0 Å². The fraction of sp³-hybridized carbons (Fsp3) is 0.429. The molecule has 1 unspecified atom stereocenters. The summed E-state index contributed by atoms with van der Waals surface area (Å²) in [4.78, 5) is 1.39. The second-order valence-electron chi connectivity index (χ2n) is 7.05. The molecule has 0 saturated carbocycles. The van der Waals surface area contributed by atoms with Crippen molar-refractivity contribution in [1.82, 2.24) is 0 Å². The Labute approximate surface area is 159 Å². The van der Waals surface area contributed by atoms with Gasteiger partial charge in [-0.3, -0.25) is 0 Å². The molecule has 0 spiro atoms. The molecule has 0 aromatic heterocycles. The number of rotatable bonds is 6. The van der Waals surface area contributed by atoms with Crippen LogP contribution in [0.2, 0.25) is 0 Å². The van der Waals surface area contributed by atoms with E-state index in [-0.39, 0.29) is 4.75 Å². The van der Waals surface area contributed by atoms with Crippen molar-refractivity contribution in [3.63, 3.8) is 0 Å². The number of hydrogen-bond donors (Lipinski definition) is 0. The number of hydrogen-bond acceptors (Lipinski definition) is 2. The van der Waals surface area contributed by atoms with Crippen molar-refractivity contribution in [1.29, 1.82) is 0 Å². The van der Waals surface area contributed by atoms with Gasteiger partial charge in [-0.05, 0) is 60.2 Å². The lowest BCUT2D eigenvalue weighted by Gasteiger charge is -2.22. The van der Waals surface area contributed by atoms with Crippen LogP contribution in [0.25, 0.3) is 0 Å². The summed E-state index contributed by atoms with van der Waals surface area (Å²) in [6.07, 6.45) is 2.18. The number of thioether (sulfide) groups is 1. The van der Waals surface area contributed by atoms with Gasteiger partial charge in [0.1, 0.15) is 5.75 Å². The molecular weight excluding hydrogens is 380 g/mol. The van der Waals surface area contributed by atoms with E-state index < -0.39 is 0 Å². The third kappa shape index (κ3) is 5.56. The Hall–Kier alpha value is -0.930. The third-order valence-corrected chi connectivity index (χ3v) is 5.71. The normalized spacial score (nSPS) is 12.9. The molecule has 3 heteroatoms. The number of methoxy groups -OCH3 is 1. The average Bonchev–Trinajstić information content (AvgIpc) is 2.54. The summed E-state index contributed by atoms with van der Waals surface area (Å²) >= 11 is 5.59. The van der Waals surface area contributed by atoms with Crippen LogP contribution in [0.15, 0.2) is 51.8 Å². The Bertz CT molecular complexity index is 659. The minimum absolute atomic E-state index is 0.213. The van der Waals surface area contributed by atoms with E-state index in [0.717, 1.165) is 23.1 Å². The molecule has 0 saturated heterocycles. The summed E-state index contributed by atoms with van der Waals surface area (Å²) in [7, 11) is 1.71. The first-order valence-corrected chi connectivity index (χ1v) is 10.0. The monoisotopic (exact) mass is 406 g/mol. The largest absolute Gasteiger partial charge is 0.497 e. The molecule has 1 nitrogen and oxygen atoms in total. The van der Waals surface area contributed by atoms with Crippen molar-refractivity contribution in [2.24, 2.45) is 0 Å². The molecule has 0 heterocycles. The smallest absolute Gasteiger partial charge is 0.118 e. The molecule has 24 heavy (non-hydrogen) atoms. The van der Waals surface area contributed by atoms with Crippen LogP contribution in [0, 0.1) is 0 Å². The zero-order valence-electron chi connectivity index (χ0n) is 15.2. The Kier molecular flexibility index (Phi) is 6.82. The zero-order chi connectivity index (χ0) is 17.7. The van der Waals surface area contributed by atoms with E-state index in [1.807, 2.05) is 11.8 Å². The van der Waals surface area contributed by atoms with Gasteiger partial charge in [0.25, 0.3) is 0 Å². The number of benzene rings is 2. The van der Waals surface area contributed by atoms with Gasteiger partial charge in [0, 0.05) is 14.1 Å². The molecule has 0 amide bonds. The van der Waals surface area contributed by atoms with Crippen molar-refractivity contribution in [3.8, 4) is 5.75 Å². The summed E-state index contributed by atoms with van der Waals surface area (Å²) in [6, 6.07) is 15.2. The van der Waals surface area contributed by atoms with Gasteiger partial charge in [-0.25, -0.2) is 0 Å². The van der Waals surface area contributed by atoms with Crippen molar-refractivity contribution in [2.45, 2.75) is 56.1 Å². The van der Waals surface area contributed by atoms with Gasteiger partial charge < -0.3 is 4.74 Å². The molecule has 0 radical (unpaired) electrons. The first-order chi connectivity index (χ1) is 11.3. The second-order valence-corrected chi connectivity index (χ2v) is 9.83. The maximum Gasteiger partial charge on any atom is 0.118 e. The topological polar surface area (TPSA) is 9.23 Å². The standard InChI is InChI=1S/C21H27BrOS/c1-6-15(16-7-10-19(23-5)11-8-16)13-17-14-18(22)9-12-20(17)24-21(2,3)4/h7-12,14-15H,6,13H2,1-5H3. The maximum atomic E-state index is 5.28. The van der Waals surface area contributed by atoms with Crippen LogP contribution in [0.3, 0.4) is 0 Å². The fourth-order valence-electron chi connectivity index (χ4n) is 2.78. The number of halogens is 1. The van der Waals surface area contributed by atoms with Crippen LogP contribution in [0.5, 0.6) is 5.75 Å². The molecule has 1 atom stereocenters. The molecule has 2 aromatic rings. The first-order valence-electron chi connectivity index (χ1n) is 8.43. The second kappa shape index (κ2) is 8.44. The molecule has 0 aliphatic carbocycles. The highest BCUT2D eigenvalue weighted by Gasteiger charge is 2.18. The maximum absolute atomic E-state index is 5.28. The van der Waals surface area contributed by atoms with E-state index in [1.165, 1.54) is 16.0 Å². The molecule has 130 valence electrons. The van der Waals surface area contributed by atoms with Crippen LogP contribution in [-0.2, 0) is 6.42 Å². The van der Waals surface area contributed by atoms with Crippen molar-refractivity contribution in [2.75, 3.05) is 7.11 Å². The summed E-state index contributed by atoms with van der Waals surface area (Å²) in [5.41, 5.74) is 2.80. The van der Waals surface area contributed by atoms with Crippen molar-refractivity contribution >= 4 is 27.7 Å². The Morgan fingerprint density at radius 2 is 1.75 bits per heavy atom. The van der Waals surface area contributed by atoms with Gasteiger partial charge in [-0.1, -0.05) is 55.8 Å². The lowest BCUT2D eigenvalue weighted by Crippen LogP contribution is -2.09. The van der Waals surface area contributed by atoms with Crippen LogP contribution in [0.1, 0.15) is 51.2 Å². The third-order valence-electron chi connectivity index (χ3n) is 3.98. The van der Waals surface area contributed by atoms with Gasteiger partial charge in [-0.15, -0.1) is 11.8 Å². The van der Waals surface area contributed by atoms with Crippen molar-refractivity contribution < 1.29 is 4.74 Å². The van der Waals surface area contributed by atoms with Crippen molar-refractivity contribution in [3.05, 3.63) is 58.1 Å². The summed E-state index contributed by atoms with van der Waals surface area (Å²) < 4.78 is 6.65. The lowest BCUT2D eigenvalue weighted by atomic mass is 9.90. The Balaban J connectivity index is 2.27. The quantitative estimate of drug-likeness (QED) is 0.473. The van der Waals surface area contributed by atoms with Crippen LogP contribution in [-0.4, -0.2) is 11.9 Å². The molecule has 0 fully saturated rings. The molecular formula is C21H27BrOS. The van der Waals surface area contributed by atoms with Crippen LogP contribution < -0.4 is 4.74 Å². The predicted molar refractivity (Wildman–Crippen MR) is 109 cm³/mol. The summed E-state index contributed by atoms with van der Waals surface area (Å²) in [5.74, 6) is 1.43. The molecule has 2 aromatic carbocycles. The van der Waals surface area contributed by atoms with E-state index in [4.69, 9.17) is 4.74 Å². The van der Waals surface area contributed by atoms with Gasteiger partial charge in [0.2, 0.25) is 0 Å². The van der Waals surface area contributed by atoms with Crippen LogP contribution >= 0.6 is 27.7 Å². The lowest BCUT2D eigenvalue weighted by molar-refractivity contribution is 0.414. The molecule has 2 rings (SSSR count). The van der Waals surface area contributed by atoms with E-state index in [0.29, 0.717) is 5.92 Å². The van der Waals surface area contributed by atoms with Gasteiger partial charge in [-0.2, -0.15) is 0 Å². The van der Waals surface area contributed by atoms with E-state index in [1.54, 1.807) is 7.11 Å². The summed E-state index contributed by atoms with van der Waals surface area (Å²) in [5, 5.41) is 0. The molecule has 0 bridgehead atoms. The summed E-state index contributed by atoms with van der Waals surface area (Å²) in [6.45, 7) is 9.07. The fourth-order valence-corrected chi connectivity index (χ4v) is 4.25. The SMILES string of the molecule is CCC(Cc1cc(Br)ccc1SC(C)(C)C)c1ccc(OC)cc1. The average molecular weight is 407 g/mol. The first kappa shape index (κ1) is 19.4. The minimum atomic E-state index is 0.213. The molecule has 0 N–H and O–H groups in total. The molecule has 0 aliphatic rings. The van der Waals surface area contributed by atoms with E-state index in [9.17, 15) is 0 Å². The highest BCUT2D eigenvalue weighted by Crippen LogP contribution is 2.38. The number of ether oxygens (including phenoxy) is 1. The van der Waals surface area contributed by atoms with E-state index >= 15 is 0 Å². The van der Waals surface area contributed by atoms with Gasteiger partial charge in [0.15, 0.2) is 0 Å². The minimum Gasteiger partial charge on any atom is -0.497 e. The predicted octanol–water partition coefficient (Wildman–Crippen LogP) is 7.08.